The Hall–Kier alpha value is -2.93. The molecule has 1 aromatic heterocycles. The van der Waals surface area contributed by atoms with Crippen LogP contribution >= 0.6 is 11.8 Å². The number of ether oxygens (including phenoxy) is 2. The van der Waals surface area contributed by atoms with Gasteiger partial charge in [0.05, 0.1) is 36.6 Å². The summed E-state index contributed by atoms with van der Waals surface area (Å²) in [5.74, 6) is 2.50. The van der Waals surface area contributed by atoms with E-state index >= 15 is 0 Å². The number of amides is 1. The molecular weight excluding hydrogens is 386 g/mol. The van der Waals surface area contributed by atoms with E-state index in [2.05, 4.69) is 5.32 Å². The van der Waals surface area contributed by atoms with E-state index in [1.54, 1.807) is 26.0 Å². The van der Waals surface area contributed by atoms with Crippen LogP contribution in [0, 0.1) is 13.8 Å². The molecule has 0 saturated carbocycles. The van der Waals surface area contributed by atoms with Gasteiger partial charge in [0, 0.05) is 11.1 Å². The summed E-state index contributed by atoms with van der Waals surface area (Å²) in [5.41, 5.74) is 4.88. The first-order valence-electron chi connectivity index (χ1n) is 9.31. The Balaban J connectivity index is 1.91. The van der Waals surface area contributed by atoms with Crippen LogP contribution in [0.2, 0.25) is 0 Å². The Morgan fingerprint density at radius 2 is 1.86 bits per heavy atom. The van der Waals surface area contributed by atoms with Crippen LogP contribution in [0.4, 0.5) is 5.82 Å². The molecular formula is C22H23N3O3S. The number of hydrogen-bond donors (Lipinski definition) is 1. The van der Waals surface area contributed by atoms with Crippen LogP contribution < -0.4 is 14.8 Å². The summed E-state index contributed by atoms with van der Waals surface area (Å²) < 4.78 is 12.9. The summed E-state index contributed by atoms with van der Waals surface area (Å²) in [4.78, 5) is 12.5. The molecule has 2 heterocycles. The van der Waals surface area contributed by atoms with E-state index in [-0.39, 0.29) is 11.2 Å². The zero-order valence-electron chi connectivity index (χ0n) is 16.9. The van der Waals surface area contributed by atoms with Gasteiger partial charge in [-0.25, -0.2) is 4.68 Å². The number of fused-ring (bicyclic) bond motifs is 1. The van der Waals surface area contributed by atoms with Gasteiger partial charge >= 0.3 is 0 Å². The van der Waals surface area contributed by atoms with E-state index in [0.29, 0.717) is 11.6 Å². The van der Waals surface area contributed by atoms with Gasteiger partial charge in [0.1, 0.15) is 17.3 Å². The predicted molar refractivity (Wildman–Crippen MR) is 116 cm³/mol. The maximum Gasteiger partial charge on any atom is 0.235 e. The zero-order chi connectivity index (χ0) is 20.5. The van der Waals surface area contributed by atoms with Crippen molar-refractivity contribution in [2.24, 2.45) is 0 Å². The molecule has 1 aliphatic rings. The fourth-order valence-corrected chi connectivity index (χ4v) is 4.75. The molecule has 1 N–H and O–H groups in total. The number of nitrogens with zero attached hydrogens (tertiary/aromatic N) is 2. The summed E-state index contributed by atoms with van der Waals surface area (Å²) >= 11 is 1.56. The van der Waals surface area contributed by atoms with Crippen LogP contribution in [0.1, 0.15) is 27.6 Å². The number of aromatic nitrogens is 2. The number of carbonyl (C=O) groups excluding carboxylic acids is 1. The minimum atomic E-state index is -0.117. The van der Waals surface area contributed by atoms with Crippen molar-refractivity contribution < 1.29 is 14.3 Å². The third-order valence-electron chi connectivity index (χ3n) is 5.01. The Morgan fingerprint density at radius 3 is 2.55 bits per heavy atom. The molecule has 0 spiro atoms. The quantitative estimate of drug-likeness (QED) is 0.697. The molecule has 0 fully saturated rings. The minimum Gasteiger partial charge on any atom is -0.497 e. The van der Waals surface area contributed by atoms with Crippen LogP contribution in [-0.2, 0) is 4.79 Å². The average molecular weight is 410 g/mol. The first kappa shape index (κ1) is 19.4. The fourth-order valence-electron chi connectivity index (χ4n) is 3.55. The highest BCUT2D eigenvalue weighted by molar-refractivity contribution is 8.00. The summed E-state index contributed by atoms with van der Waals surface area (Å²) in [6.07, 6.45) is 0. The highest BCUT2D eigenvalue weighted by Gasteiger charge is 2.32. The molecule has 7 heteroatoms. The van der Waals surface area contributed by atoms with Crippen molar-refractivity contribution in [2.75, 3.05) is 25.3 Å². The second kappa shape index (κ2) is 7.83. The number of benzene rings is 2. The van der Waals surface area contributed by atoms with Gasteiger partial charge in [-0.05, 0) is 44.2 Å². The SMILES string of the molecule is COc1ccc(OC)c(C2SCC(=O)Nc3c2c(C)nn3-c2ccc(C)cc2)c1. The van der Waals surface area contributed by atoms with Crippen molar-refractivity contribution >= 4 is 23.5 Å². The Kier molecular flexibility index (Phi) is 5.24. The molecule has 0 bridgehead atoms. The molecule has 3 aromatic rings. The van der Waals surface area contributed by atoms with Crippen molar-refractivity contribution in [1.29, 1.82) is 0 Å². The van der Waals surface area contributed by atoms with Gasteiger partial charge in [0.15, 0.2) is 0 Å². The molecule has 1 unspecified atom stereocenters. The number of anilines is 1. The molecule has 0 radical (unpaired) electrons. The molecule has 0 saturated heterocycles. The van der Waals surface area contributed by atoms with Crippen molar-refractivity contribution in [1.82, 2.24) is 9.78 Å². The average Bonchev–Trinajstić information content (AvgIpc) is 2.93. The van der Waals surface area contributed by atoms with E-state index in [4.69, 9.17) is 14.6 Å². The van der Waals surface area contributed by atoms with Gasteiger partial charge < -0.3 is 14.8 Å². The Bertz CT molecular complexity index is 1060. The molecule has 1 amide bonds. The standard InChI is InChI=1S/C22H23N3O3S/c1-13-5-7-15(8-6-13)25-22-20(14(2)24-25)21(29-12-19(26)23-22)17-11-16(27-3)9-10-18(17)28-4/h5-11,21H,12H2,1-4H3,(H,23,26). The van der Waals surface area contributed by atoms with E-state index in [1.165, 1.54) is 5.56 Å². The second-order valence-electron chi connectivity index (χ2n) is 6.94. The molecule has 6 nitrogen and oxygen atoms in total. The van der Waals surface area contributed by atoms with Crippen LogP contribution in [0.15, 0.2) is 42.5 Å². The normalized spacial score (nSPS) is 16.0. The summed E-state index contributed by atoms with van der Waals surface area (Å²) in [7, 11) is 3.29. The van der Waals surface area contributed by atoms with E-state index in [9.17, 15) is 4.79 Å². The van der Waals surface area contributed by atoms with E-state index < -0.39 is 0 Å². The summed E-state index contributed by atoms with van der Waals surface area (Å²) in [5, 5.41) is 7.70. The van der Waals surface area contributed by atoms with Gasteiger partial charge in [-0.3, -0.25) is 4.79 Å². The highest BCUT2D eigenvalue weighted by Crippen LogP contribution is 2.47. The first-order valence-corrected chi connectivity index (χ1v) is 10.4. The van der Waals surface area contributed by atoms with Gasteiger partial charge in [-0.1, -0.05) is 17.7 Å². The molecule has 4 rings (SSSR count). The van der Waals surface area contributed by atoms with Gasteiger partial charge in [-0.2, -0.15) is 5.10 Å². The Labute approximate surface area is 174 Å². The van der Waals surface area contributed by atoms with Crippen molar-refractivity contribution in [3.8, 4) is 17.2 Å². The van der Waals surface area contributed by atoms with Crippen molar-refractivity contribution in [3.63, 3.8) is 0 Å². The number of hydrogen-bond acceptors (Lipinski definition) is 5. The largest absolute Gasteiger partial charge is 0.497 e. The number of thioether (sulfide) groups is 1. The van der Waals surface area contributed by atoms with Gasteiger partial charge in [0.25, 0.3) is 0 Å². The highest BCUT2D eigenvalue weighted by atomic mass is 32.2. The third kappa shape index (κ3) is 3.58. The van der Waals surface area contributed by atoms with E-state index in [1.807, 2.05) is 61.0 Å². The number of rotatable bonds is 4. The van der Waals surface area contributed by atoms with Crippen LogP contribution in [0.25, 0.3) is 5.69 Å². The number of methoxy groups -OCH3 is 2. The molecule has 29 heavy (non-hydrogen) atoms. The molecule has 1 atom stereocenters. The van der Waals surface area contributed by atoms with Crippen LogP contribution in [0.5, 0.6) is 11.5 Å². The summed E-state index contributed by atoms with van der Waals surface area (Å²) in [6, 6.07) is 13.8. The van der Waals surface area contributed by atoms with Crippen molar-refractivity contribution in [3.05, 3.63) is 64.8 Å². The number of carbonyl (C=O) groups is 1. The van der Waals surface area contributed by atoms with E-state index in [0.717, 1.165) is 34.0 Å². The topological polar surface area (TPSA) is 65.4 Å². The fraction of sp³-hybridized carbons (Fsp3) is 0.273. The third-order valence-corrected chi connectivity index (χ3v) is 6.26. The molecule has 0 aliphatic carbocycles. The van der Waals surface area contributed by atoms with Crippen molar-refractivity contribution in [2.45, 2.75) is 19.1 Å². The second-order valence-corrected chi connectivity index (χ2v) is 8.04. The lowest BCUT2D eigenvalue weighted by Gasteiger charge is -2.19. The van der Waals surface area contributed by atoms with Gasteiger partial charge in [0.2, 0.25) is 5.91 Å². The molecule has 150 valence electrons. The lowest BCUT2D eigenvalue weighted by atomic mass is 10.0. The monoisotopic (exact) mass is 409 g/mol. The first-order chi connectivity index (χ1) is 14.0. The maximum atomic E-state index is 12.5. The van der Waals surface area contributed by atoms with Crippen LogP contribution in [-0.4, -0.2) is 35.7 Å². The Morgan fingerprint density at radius 1 is 1.10 bits per heavy atom. The van der Waals surface area contributed by atoms with Crippen LogP contribution in [0.3, 0.4) is 0 Å². The lowest BCUT2D eigenvalue weighted by Crippen LogP contribution is -2.15. The zero-order valence-corrected chi connectivity index (χ0v) is 17.7. The predicted octanol–water partition coefficient (Wildman–Crippen LogP) is 4.28. The number of nitrogens with one attached hydrogen (secondary N) is 1. The molecule has 2 aromatic carbocycles. The molecule has 1 aliphatic heterocycles. The summed E-state index contributed by atoms with van der Waals surface area (Å²) in [6.45, 7) is 4.02. The minimum absolute atomic E-state index is 0.0473. The smallest absolute Gasteiger partial charge is 0.235 e. The lowest BCUT2D eigenvalue weighted by molar-refractivity contribution is -0.113. The number of aryl methyl sites for hydroxylation is 2. The maximum absolute atomic E-state index is 12.5. The van der Waals surface area contributed by atoms with Gasteiger partial charge in [-0.15, -0.1) is 11.8 Å².